The van der Waals surface area contributed by atoms with Gasteiger partial charge in [-0.1, -0.05) is 6.07 Å². The monoisotopic (exact) mass is 280 g/mol. The lowest BCUT2D eigenvalue weighted by molar-refractivity contribution is 0.598. The molecule has 0 spiro atoms. The van der Waals surface area contributed by atoms with Crippen molar-refractivity contribution in [2.75, 3.05) is 5.32 Å². The molecule has 1 aliphatic heterocycles. The van der Waals surface area contributed by atoms with Crippen LogP contribution in [0.25, 0.3) is 0 Å². The van der Waals surface area contributed by atoms with Gasteiger partial charge in [0.05, 0.1) is 4.90 Å². The van der Waals surface area contributed by atoms with Crippen LogP contribution in [0.15, 0.2) is 45.9 Å². The van der Waals surface area contributed by atoms with Gasteiger partial charge in [-0.25, -0.2) is 18.5 Å². The summed E-state index contributed by atoms with van der Waals surface area (Å²) in [5, 5.41) is 11.3. The molecule has 0 aromatic heterocycles. The number of hydrogen-bond acceptors (Lipinski definition) is 5. The molecule has 6 nitrogen and oxygen atoms in total. The van der Waals surface area contributed by atoms with Gasteiger partial charge in [0.1, 0.15) is 0 Å². The molecule has 1 atom stereocenters. The first-order valence-electron chi connectivity index (χ1n) is 5.77. The standard InChI is InChI=1S/C12H16N4O2S/c1-8-7-14-12(15-9(8)2)16-10-4-3-5-11(6-10)19(13,17)18/h3-7,9H,1-2H3,(H2,13,17,18)(H2,14,15,16). The normalized spacial score (nSPS) is 19.2. The lowest BCUT2D eigenvalue weighted by Gasteiger charge is -2.21. The van der Waals surface area contributed by atoms with E-state index >= 15 is 0 Å². The molecule has 0 bridgehead atoms. The number of sulfonamides is 1. The van der Waals surface area contributed by atoms with Crippen LogP contribution in [0.1, 0.15) is 13.8 Å². The predicted octanol–water partition coefficient (Wildman–Crippen LogP) is 0.997. The Kier molecular flexibility index (Phi) is 3.59. The molecule has 4 N–H and O–H groups in total. The number of nitrogens with two attached hydrogens (primary N) is 1. The van der Waals surface area contributed by atoms with Crippen LogP contribution in [0.2, 0.25) is 0 Å². The molecule has 0 aliphatic carbocycles. The van der Waals surface area contributed by atoms with Gasteiger partial charge in [0.2, 0.25) is 16.0 Å². The Hall–Kier alpha value is -1.86. The summed E-state index contributed by atoms with van der Waals surface area (Å²) in [7, 11) is -3.70. The van der Waals surface area contributed by atoms with E-state index in [9.17, 15) is 8.42 Å². The molecule has 1 heterocycles. The fourth-order valence-electron chi connectivity index (χ4n) is 1.59. The number of nitrogens with zero attached hydrogens (tertiary/aromatic N) is 1. The molecule has 2 rings (SSSR count). The summed E-state index contributed by atoms with van der Waals surface area (Å²) in [4.78, 5) is 4.26. The molecule has 102 valence electrons. The lowest BCUT2D eigenvalue weighted by atomic mass is 10.1. The Balaban J connectivity index is 2.21. The fourth-order valence-corrected chi connectivity index (χ4v) is 2.15. The minimum absolute atomic E-state index is 0.0636. The number of aliphatic imine (C=N–C) groups is 1. The number of nitrogens with one attached hydrogen (secondary N) is 2. The van der Waals surface area contributed by atoms with Crippen molar-refractivity contribution in [1.29, 1.82) is 0 Å². The zero-order valence-electron chi connectivity index (χ0n) is 10.7. The SMILES string of the molecule is CC1=CN=C(Nc2cccc(S(N)(=O)=O)c2)NC1C. The molecular weight excluding hydrogens is 264 g/mol. The van der Waals surface area contributed by atoms with Crippen molar-refractivity contribution in [2.24, 2.45) is 10.1 Å². The van der Waals surface area contributed by atoms with Crippen molar-refractivity contribution >= 4 is 21.7 Å². The average molecular weight is 280 g/mol. The summed E-state index contributed by atoms with van der Waals surface area (Å²) in [5.74, 6) is 0.574. The number of guanidine groups is 1. The number of primary sulfonamides is 1. The molecule has 0 amide bonds. The highest BCUT2D eigenvalue weighted by atomic mass is 32.2. The van der Waals surface area contributed by atoms with E-state index < -0.39 is 10.0 Å². The second-order valence-corrected chi connectivity index (χ2v) is 5.98. The van der Waals surface area contributed by atoms with Gasteiger partial charge in [-0.2, -0.15) is 0 Å². The van der Waals surface area contributed by atoms with E-state index in [1.54, 1.807) is 18.3 Å². The minimum atomic E-state index is -3.70. The summed E-state index contributed by atoms with van der Waals surface area (Å²) in [6.45, 7) is 4.00. The van der Waals surface area contributed by atoms with Crippen LogP contribution in [0, 0.1) is 0 Å². The maximum atomic E-state index is 11.3. The third-order valence-electron chi connectivity index (χ3n) is 2.86. The van der Waals surface area contributed by atoms with Crippen molar-refractivity contribution in [2.45, 2.75) is 24.8 Å². The molecular formula is C12H16N4O2S. The zero-order valence-corrected chi connectivity index (χ0v) is 11.5. The second-order valence-electron chi connectivity index (χ2n) is 4.41. The van der Waals surface area contributed by atoms with Crippen LogP contribution < -0.4 is 15.8 Å². The van der Waals surface area contributed by atoms with Gasteiger partial charge in [-0.15, -0.1) is 0 Å². The van der Waals surface area contributed by atoms with Gasteiger partial charge >= 0.3 is 0 Å². The smallest absolute Gasteiger partial charge is 0.238 e. The highest BCUT2D eigenvalue weighted by Gasteiger charge is 2.13. The summed E-state index contributed by atoms with van der Waals surface area (Å²) < 4.78 is 22.5. The molecule has 1 aromatic rings. The van der Waals surface area contributed by atoms with Gasteiger partial charge in [-0.3, -0.25) is 0 Å². The summed E-state index contributed by atoms with van der Waals surface area (Å²) >= 11 is 0. The quantitative estimate of drug-likeness (QED) is 0.753. The van der Waals surface area contributed by atoms with Crippen molar-refractivity contribution < 1.29 is 8.42 Å². The van der Waals surface area contributed by atoms with Gasteiger partial charge in [-0.05, 0) is 37.6 Å². The van der Waals surface area contributed by atoms with E-state index in [1.807, 2.05) is 13.8 Å². The summed E-state index contributed by atoms with van der Waals surface area (Å²) in [6.07, 6.45) is 1.77. The Morgan fingerprint density at radius 2 is 2.16 bits per heavy atom. The fraction of sp³-hybridized carbons (Fsp3) is 0.250. The van der Waals surface area contributed by atoms with Crippen LogP contribution in [-0.4, -0.2) is 20.4 Å². The van der Waals surface area contributed by atoms with E-state index in [0.717, 1.165) is 5.57 Å². The molecule has 0 fully saturated rings. The van der Waals surface area contributed by atoms with Gasteiger partial charge in [0.15, 0.2) is 0 Å². The maximum Gasteiger partial charge on any atom is 0.238 e. The lowest BCUT2D eigenvalue weighted by Crippen LogP contribution is -2.40. The van der Waals surface area contributed by atoms with Crippen molar-refractivity contribution in [3.05, 3.63) is 36.0 Å². The molecule has 19 heavy (non-hydrogen) atoms. The second kappa shape index (κ2) is 5.02. The Labute approximate surface area is 112 Å². The third kappa shape index (κ3) is 3.33. The van der Waals surface area contributed by atoms with Crippen molar-refractivity contribution in [3.63, 3.8) is 0 Å². The number of anilines is 1. The number of rotatable bonds is 2. The van der Waals surface area contributed by atoms with Crippen molar-refractivity contribution in [1.82, 2.24) is 5.32 Å². The first-order chi connectivity index (χ1) is 8.86. The molecule has 7 heteroatoms. The van der Waals surface area contributed by atoms with E-state index in [2.05, 4.69) is 15.6 Å². The summed E-state index contributed by atoms with van der Waals surface area (Å²) in [5.41, 5.74) is 1.74. The van der Waals surface area contributed by atoms with Crippen molar-refractivity contribution in [3.8, 4) is 0 Å². The van der Waals surface area contributed by atoms with E-state index in [0.29, 0.717) is 11.6 Å². The topological polar surface area (TPSA) is 96.6 Å². The largest absolute Gasteiger partial charge is 0.350 e. The molecule has 1 aliphatic rings. The average Bonchev–Trinajstić information content (AvgIpc) is 2.33. The predicted molar refractivity (Wildman–Crippen MR) is 75.2 cm³/mol. The van der Waals surface area contributed by atoms with Crippen LogP contribution in [0.3, 0.4) is 0 Å². The van der Waals surface area contributed by atoms with Gasteiger partial charge in [0, 0.05) is 17.9 Å². The summed E-state index contributed by atoms with van der Waals surface area (Å²) in [6, 6.07) is 6.46. The van der Waals surface area contributed by atoms with Crippen LogP contribution in [0.4, 0.5) is 5.69 Å². The van der Waals surface area contributed by atoms with E-state index in [1.165, 1.54) is 12.1 Å². The van der Waals surface area contributed by atoms with Crippen LogP contribution in [0.5, 0.6) is 0 Å². The Morgan fingerprint density at radius 3 is 2.79 bits per heavy atom. The highest BCUT2D eigenvalue weighted by Crippen LogP contribution is 2.15. The minimum Gasteiger partial charge on any atom is -0.350 e. The first kappa shape index (κ1) is 13.6. The third-order valence-corrected chi connectivity index (χ3v) is 3.77. The van der Waals surface area contributed by atoms with E-state index in [4.69, 9.17) is 5.14 Å². The van der Waals surface area contributed by atoms with Crippen LogP contribution >= 0.6 is 0 Å². The molecule has 0 radical (unpaired) electrons. The van der Waals surface area contributed by atoms with Crippen LogP contribution in [-0.2, 0) is 10.0 Å². The highest BCUT2D eigenvalue weighted by molar-refractivity contribution is 7.89. The van der Waals surface area contributed by atoms with E-state index in [-0.39, 0.29) is 10.9 Å². The Bertz CT molecular complexity index is 649. The first-order valence-corrected chi connectivity index (χ1v) is 7.32. The molecule has 1 unspecified atom stereocenters. The van der Waals surface area contributed by atoms with Gasteiger partial charge < -0.3 is 10.6 Å². The molecule has 0 saturated carbocycles. The number of benzene rings is 1. The zero-order chi connectivity index (χ0) is 14.0. The molecule has 1 aromatic carbocycles. The molecule has 0 saturated heterocycles. The number of hydrogen-bond donors (Lipinski definition) is 3. The van der Waals surface area contributed by atoms with Gasteiger partial charge in [0.25, 0.3) is 0 Å². The Morgan fingerprint density at radius 1 is 1.42 bits per heavy atom. The maximum absolute atomic E-state index is 11.3.